The van der Waals surface area contributed by atoms with Crippen molar-refractivity contribution in [1.82, 2.24) is 5.32 Å². The fourth-order valence-electron chi connectivity index (χ4n) is 4.09. The van der Waals surface area contributed by atoms with Gasteiger partial charge in [-0.15, -0.1) is 0 Å². The molecule has 1 aliphatic heterocycles. The van der Waals surface area contributed by atoms with E-state index in [1.807, 2.05) is 0 Å². The summed E-state index contributed by atoms with van der Waals surface area (Å²) in [6.07, 6.45) is 6.04. The van der Waals surface area contributed by atoms with Gasteiger partial charge in [-0.3, -0.25) is 4.79 Å². The third-order valence-corrected chi connectivity index (χ3v) is 5.60. The number of hydrogen-bond donors (Lipinski definition) is 1. The average Bonchev–Trinajstić information content (AvgIpc) is 2.52. The highest BCUT2D eigenvalue weighted by atomic mass is 16.6. The van der Waals surface area contributed by atoms with Crippen LogP contribution in [0.3, 0.4) is 0 Å². The lowest BCUT2D eigenvalue weighted by Gasteiger charge is -2.42. The van der Waals surface area contributed by atoms with Crippen LogP contribution in [0.2, 0.25) is 0 Å². The number of hydrogen-bond acceptors (Lipinski definition) is 5. The number of esters is 1. The maximum atomic E-state index is 11.1. The summed E-state index contributed by atoms with van der Waals surface area (Å²) in [6.45, 7) is 9.66. The maximum absolute atomic E-state index is 11.1. The summed E-state index contributed by atoms with van der Waals surface area (Å²) >= 11 is 0. The van der Waals surface area contributed by atoms with Crippen molar-refractivity contribution in [2.24, 2.45) is 11.3 Å². The highest BCUT2D eigenvalue weighted by Gasteiger charge is 2.37. The molecule has 0 amide bonds. The molecule has 1 N–H and O–H groups in total. The van der Waals surface area contributed by atoms with E-state index in [0.717, 1.165) is 31.7 Å². The molecule has 3 atom stereocenters. The Morgan fingerprint density at radius 2 is 1.79 bits per heavy atom. The maximum Gasteiger partial charge on any atom is 0.302 e. The molecule has 3 unspecified atom stereocenters. The Kier molecular flexibility index (Phi) is 7.08. The number of carbonyl (C=O) groups is 1. The van der Waals surface area contributed by atoms with Gasteiger partial charge in [-0.2, -0.15) is 0 Å². The second kappa shape index (κ2) is 8.63. The molecule has 5 heteroatoms. The van der Waals surface area contributed by atoms with Crippen LogP contribution in [0.4, 0.5) is 0 Å². The number of methoxy groups -OCH3 is 1. The third-order valence-electron chi connectivity index (χ3n) is 5.60. The quantitative estimate of drug-likeness (QED) is 0.779. The monoisotopic (exact) mass is 341 g/mol. The molecule has 0 radical (unpaired) electrons. The van der Waals surface area contributed by atoms with E-state index in [0.29, 0.717) is 18.1 Å². The standard InChI is InChI=1S/C19H35NO4/c1-13(21)23-12-16-18(22-5)17(10-11-20-16)24-15-8-6-14(7-9-15)19(2,3)4/h14-18,20H,6-12H2,1-5H3/t14-,15+,16?,17?,18?. The SMILES string of the molecule is COC1C(COC(C)=O)NCCC1O[C@H]1CC[C@@H](C(C)(C)C)CC1. The van der Waals surface area contributed by atoms with Gasteiger partial charge < -0.3 is 19.5 Å². The Labute approximate surface area is 146 Å². The van der Waals surface area contributed by atoms with Gasteiger partial charge in [0.05, 0.1) is 18.2 Å². The van der Waals surface area contributed by atoms with Gasteiger partial charge in [0.2, 0.25) is 0 Å². The molecule has 1 saturated heterocycles. The molecule has 0 aromatic heterocycles. The lowest BCUT2D eigenvalue weighted by atomic mass is 9.72. The van der Waals surface area contributed by atoms with E-state index in [9.17, 15) is 4.79 Å². The fourth-order valence-corrected chi connectivity index (χ4v) is 4.09. The van der Waals surface area contributed by atoms with Crippen LogP contribution in [0.1, 0.15) is 59.8 Å². The van der Waals surface area contributed by atoms with Crippen molar-refractivity contribution < 1.29 is 19.0 Å². The van der Waals surface area contributed by atoms with Crippen LogP contribution < -0.4 is 5.32 Å². The van der Waals surface area contributed by atoms with Crippen LogP contribution in [-0.4, -0.2) is 50.6 Å². The summed E-state index contributed by atoms with van der Waals surface area (Å²) in [5.41, 5.74) is 0.393. The zero-order chi connectivity index (χ0) is 17.7. The van der Waals surface area contributed by atoms with Crippen LogP contribution in [0, 0.1) is 11.3 Å². The normalized spacial score (nSPS) is 34.8. The van der Waals surface area contributed by atoms with Gasteiger partial charge >= 0.3 is 5.97 Å². The molecular weight excluding hydrogens is 306 g/mol. The van der Waals surface area contributed by atoms with Gasteiger partial charge in [-0.1, -0.05) is 20.8 Å². The van der Waals surface area contributed by atoms with Gasteiger partial charge in [-0.05, 0) is 50.0 Å². The van der Waals surface area contributed by atoms with Crippen LogP contribution in [0.5, 0.6) is 0 Å². The molecule has 24 heavy (non-hydrogen) atoms. The van der Waals surface area contributed by atoms with E-state index >= 15 is 0 Å². The molecule has 0 aromatic rings. The zero-order valence-corrected chi connectivity index (χ0v) is 16.0. The van der Waals surface area contributed by atoms with Gasteiger partial charge in [0.25, 0.3) is 0 Å². The summed E-state index contributed by atoms with van der Waals surface area (Å²) in [7, 11) is 1.71. The van der Waals surface area contributed by atoms with Crippen molar-refractivity contribution >= 4 is 5.97 Å². The molecule has 2 rings (SSSR count). The highest BCUT2D eigenvalue weighted by Crippen LogP contribution is 2.39. The van der Waals surface area contributed by atoms with Crippen molar-refractivity contribution in [1.29, 1.82) is 0 Å². The molecule has 0 bridgehead atoms. The van der Waals surface area contributed by atoms with Crippen molar-refractivity contribution in [3.8, 4) is 0 Å². The Morgan fingerprint density at radius 1 is 1.12 bits per heavy atom. The van der Waals surface area contributed by atoms with E-state index in [4.69, 9.17) is 14.2 Å². The molecule has 140 valence electrons. The summed E-state index contributed by atoms with van der Waals surface area (Å²) in [5.74, 6) is 0.538. The van der Waals surface area contributed by atoms with E-state index in [-0.39, 0.29) is 24.2 Å². The van der Waals surface area contributed by atoms with Crippen molar-refractivity contribution in [2.75, 3.05) is 20.3 Å². The Morgan fingerprint density at radius 3 is 2.33 bits per heavy atom. The van der Waals surface area contributed by atoms with E-state index in [2.05, 4.69) is 26.1 Å². The molecule has 1 heterocycles. The fraction of sp³-hybridized carbons (Fsp3) is 0.947. The van der Waals surface area contributed by atoms with Crippen molar-refractivity contribution in [2.45, 2.75) is 84.2 Å². The first-order chi connectivity index (χ1) is 11.3. The Hall–Kier alpha value is -0.650. The second-order valence-corrected chi connectivity index (χ2v) is 8.37. The lowest BCUT2D eigenvalue weighted by molar-refractivity contribution is -0.151. The highest BCUT2D eigenvalue weighted by molar-refractivity contribution is 5.65. The van der Waals surface area contributed by atoms with E-state index in [1.54, 1.807) is 7.11 Å². The molecule has 1 aliphatic carbocycles. The minimum Gasteiger partial charge on any atom is -0.464 e. The molecule has 0 spiro atoms. The van der Waals surface area contributed by atoms with Crippen molar-refractivity contribution in [3.63, 3.8) is 0 Å². The predicted molar refractivity (Wildman–Crippen MR) is 93.9 cm³/mol. The van der Waals surface area contributed by atoms with Gasteiger partial charge in [-0.25, -0.2) is 0 Å². The van der Waals surface area contributed by atoms with Crippen LogP contribution in [0.25, 0.3) is 0 Å². The second-order valence-electron chi connectivity index (χ2n) is 8.37. The van der Waals surface area contributed by atoms with Gasteiger partial charge in [0.1, 0.15) is 12.7 Å². The zero-order valence-electron chi connectivity index (χ0n) is 16.0. The molecule has 1 saturated carbocycles. The summed E-state index contributed by atoms with van der Waals surface area (Å²) in [5, 5.41) is 3.39. The molecule has 2 aliphatic rings. The van der Waals surface area contributed by atoms with Crippen molar-refractivity contribution in [3.05, 3.63) is 0 Å². The minimum absolute atomic E-state index is 0.00330. The molecular formula is C19H35NO4. The minimum atomic E-state index is -0.254. The number of ether oxygens (including phenoxy) is 3. The van der Waals surface area contributed by atoms with E-state index in [1.165, 1.54) is 19.8 Å². The van der Waals surface area contributed by atoms with E-state index < -0.39 is 0 Å². The van der Waals surface area contributed by atoms with Gasteiger partial charge in [0, 0.05) is 14.0 Å². The Bertz CT molecular complexity index is 399. The molecule has 0 aromatic carbocycles. The van der Waals surface area contributed by atoms with Crippen LogP contribution in [-0.2, 0) is 19.0 Å². The lowest BCUT2D eigenvalue weighted by Crippen LogP contribution is -2.57. The predicted octanol–water partition coefficient (Wildman–Crippen LogP) is 2.92. The summed E-state index contributed by atoms with van der Waals surface area (Å²) < 4.78 is 17.3. The van der Waals surface area contributed by atoms with Crippen LogP contribution in [0.15, 0.2) is 0 Å². The smallest absolute Gasteiger partial charge is 0.302 e. The number of carbonyl (C=O) groups excluding carboxylic acids is 1. The Balaban J connectivity index is 1.85. The first-order valence-electron chi connectivity index (χ1n) is 9.36. The first-order valence-corrected chi connectivity index (χ1v) is 9.36. The van der Waals surface area contributed by atoms with Gasteiger partial charge in [0.15, 0.2) is 0 Å². The number of rotatable bonds is 5. The average molecular weight is 341 g/mol. The number of nitrogens with one attached hydrogen (secondary N) is 1. The number of piperidine rings is 1. The summed E-state index contributed by atoms with van der Waals surface area (Å²) in [6, 6.07) is 0.00330. The molecule has 2 fully saturated rings. The van der Waals surface area contributed by atoms with Crippen LogP contribution >= 0.6 is 0 Å². The molecule has 5 nitrogen and oxygen atoms in total. The first kappa shape index (κ1) is 19.7. The largest absolute Gasteiger partial charge is 0.464 e. The third kappa shape index (κ3) is 5.43. The summed E-state index contributed by atoms with van der Waals surface area (Å²) in [4.78, 5) is 11.1. The topological polar surface area (TPSA) is 56.8 Å².